The number of H-pyrrole nitrogens is 1. The number of para-hydroxylation sites is 1. The van der Waals surface area contributed by atoms with Crippen molar-refractivity contribution in [2.75, 3.05) is 38.1 Å². The number of benzene rings is 1. The van der Waals surface area contributed by atoms with Crippen molar-refractivity contribution in [2.45, 2.75) is 39.0 Å². The van der Waals surface area contributed by atoms with Gasteiger partial charge < -0.3 is 14.8 Å². The number of carbonyl (C=O) groups is 1. The Balaban J connectivity index is 1.43. The van der Waals surface area contributed by atoms with E-state index in [4.69, 9.17) is 0 Å². The van der Waals surface area contributed by atoms with Crippen molar-refractivity contribution in [3.8, 4) is 0 Å². The van der Waals surface area contributed by atoms with Crippen molar-refractivity contribution in [2.24, 2.45) is 5.92 Å². The van der Waals surface area contributed by atoms with E-state index in [1.54, 1.807) is 17.5 Å². The lowest BCUT2D eigenvalue weighted by molar-refractivity contribution is 0.0962. The molecule has 1 saturated heterocycles. The average Bonchev–Trinajstić information content (AvgIpc) is 3.40. The summed E-state index contributed by atoms with van der Waals surface area (Å²) in [4.78, 5) is 26.5. The van der Waals surface area contributed by atoms with Gasteiger partial charge in [-0.2, -0.15) is 0 Å². The smallest absolute Gasteiger partial charge is 0.186 e. The van der Waals surface area contributed by atoms with Gasteiger partial charge in [-0.3, -0.25) is 4.79 Å². The molecule has 6 heteroatoms. The lowest BCUT2D eigenvalue weighted by atomic mass is 9.89. The average molecular weight is 425 g/mol. The molecular weight excluding hydrogens is 392 g/mol. The molecule has 0 bridgehead atoms. The quantitative estimate of drug-likeness (QED) is 0.491. The van der Waals surface area contributed by atoms with Crippen LogP contribution in [0, 0.1) is 5.92 Å². The Labute approximate surface area is 183 Å². The number of aromatic amines is 1. The molecule has 3 aromatic rings. The highest BCUT2D eigenvalue weighted by Gasteiger charge is 2.22. The molecular formula is C24H32N4OS. The normalized spacial score (nSPS) is 16.3. The zero-order chi connectivity index (χ0) is 20.9. The molecule has 30 heavy (non-hydrogen) atoms. The highest BCUT2D eigenvalue weighted by atomic mass is 32.1. The summed E-state index contributed by atoms with van der Waals surface area (Å²) in [5.41, 5.74) is 2.49. The molecule has 0 spiro atoms. The van der Waals surface area contributed by atoms with Crippen LogP contribution in [0.2, 0.25) is 0 Å². The first kappa shape index (κ1) is 21.1. The van der Waals surface area contributed by atoms with E-state index in [2.05, 4.69) is 64.2 Å². The molecule has 1 aliphatic heterocycles. The summed E-state index contributed by atoms with van der Waals surface area (Å²) in [6, 6.07) is 8.43. The third-order valence-electron chi connectivity index (χ3n) is 6.17. The van der Waals surface area contributed by atoms with Gasteiger partial charge in [-0.05, 0) is 37.4 Å². The van der Waals surface area contributed by atoms with Crippen molar-refractivity contribution in [1.82, 2.24) is 14.9 Å². The largest absolute Gasteiger partial charge is 0.361 e. The predicted molar refractivity (Wildman–Crippen MR) is 126 cm³/mol. The van der Waals surface area contributed by atoms with Crippen LogP contribution in [-0.4, -0.2) is 53.9 Å². The van der Waals surface area contributed by atoms with Crippen molar-refractivity contribution in [3.05, 3.63) is 47.1 Å². The number of rotatable bonds is 9. The number of piperazine rings is 1. The van der Waals surface area contributed by atoms with E-state index < -0.39 is 0 Å². The topological polar surface area (TPSA) is 52.2 Å². The lowest BCUT2D eigenvalue weighted by Gasteiger charge is -2.32. The Kier molecular flexibility index (Phi) is 6.85. The Bertz CT molecular complexity index is 970. The Morgan fingerprint density at radius 3 is 2.83 bits per heavy atom. The molecule has 1 aliphatic rings. The van der Waals surface area contributed by atoms with Gasteiger partial charge >= 0.3 is 0 Å². The number of fused-ring (bicyclic) bond motifs is 1. The third kappa shape index (κ3) is 4.93. The number of hydrogen-bond donors (Lipinski definition) is 1. The van der Waals surface area contributed by atoms with Crippen LogP contribution in [0.4, 0.5) is 5.13 Å². The summed E-state index contributed by atoms with van der Waals surface area (Å²) in [6.07, 6.45) is 8.87. The number of thiazole rings is 1. The maximum absolute atomic E-state index is 13.1. The fourth-order valence-electron chi connectivity index (χ4n) is 4.28. The monoisotopic (exact) mass is 424 g/mol. The van der Waals surface area contributed by atoms with Crippen molar-refractivity contribution in [1.29, 1.82) is 0 Å². The zero-order valence-corrected chi connectivity index (χ0v) is 18.9. The number of likely N-dealkylation sites (N-methyl/N-ethyl adjacent to an activating group) is 1. The van der Waals surface area contributed by atoms with Gasteiger partial charge in [0.15, 0.2) is 10.9 Å². The number of unbranched alkanes of at least 4 members (excludes halogenated alkanes) is 1. The van der Waals surface area contributed by atoms with Crippen LogP contribution < -0.4 is 4.90 Å². The van der Waals surface area contributed by atoms with Crippen LogP contribution >= 0.6 is 11.3 Å². The number of nitrogens with one attached hydrogen (secondary N) is 1. The molecule has 1 N–H and O–H groups in total. The summed E-state index contributed by atoms with van der Waals surface area (Å²) in [7, 11) is 2.15. The van der Waals surface area contributed by atoms with Crippen LogP contribution in [-0.2, 0) is 6.42 Å². The van der Waals surface area contributed by atoms with Gasteiger partial charge in [0, 0.05) is 49.7 Å². The Hall–Kier alpha value is -2.18. The molecule has 0 radical (unpaired) electrons. The second-order valence-corrected chi connectivity index (χ2v) is 9.51. The molecule has 1 atom stereocenters. The first-order valence-electron chi connectivity index (χ1n) is 11.1. The highest BCUT2D eigenvalue weighted by Crippen LogP contribution is 2.29. The fourth-order valence-corrected chi connectivity index (χ4v) is 5.20. The molecule has 1 fully saturated rings. The number of ketones is 1. The number of hydrogen-bond acceptors (Lipinski definition) is 5. The number of Topliss-reactive ketones (excluding diaryl/α,β-unsaturated/α-hetero) is 1. The van der Waals surface area contributed by atoms with E-state index in [1.165, 1.54) is 16.5 Å². The van der Waals surface area contributed by atoms with Crippen LogP contribution in [0.3, 0.4) is 0 Å². The van der Waals surface area contributed by atoms with E-state index in [0.29, 0.717) is 12.3 Å². The van der Waals surface area contributed by atoms with E-state index in [1.807, 2.05) is 0 Å². The van der Waals surface area contributed by atoms with Crippen LogP contribution in [0.5, 0.6) is 0 Å². The second kappa shape index (κ2) is 9.75. The minimum atomic E-state index is 0.244. The molecule has 1 unspecified atom stereocenters. The van der Waals surface area contributed by atoms with Crippen LogP contribution in [0.25, 0.3) is 10.9 Å². The maximum atomic E-state index is 13.1. The summed E-state index contributed by atoms with van der Waals surface area (Å²) in [6.45, 7) is 6.28. The summed E-state index contributed by atoms with van der Waals surface area (Å²) >= 11 is 1.57. The van der Waals surface area contributed by atoms with E-state index in [-0.39, 0.29) is 5.78 Å². The molecule has 5 nitrogen and oxygen atoms in total. The number of aromatic nitrogens is 2. The van der Waals surface area contributed by atoms with Gasteiger partial charge in [0.1, 0.15) is 0 Å². The minimum absolute atomic E-state index is 0.244. The van der Waals surface area contributed by atoms with Gasteiger partial charge in [-0.25, -0.2) is 4.98 Å². The highest BCUT2D eigenvalue weighted by molar-refractivity contribution is 7.17. The fraction of sp³-hybridized carbons (Fsp3) is 0.500. The van der Waals surface area contributed by atoms with Gasteiger partial charge in [-0.1, -0.05) is 49.3 Å². The number of nitrogens with zero attached hydrogens (tertiary/aromatic N) is 3. The summed E-state index contributed by atoms with van der Waals surface area (Å²) in [5.74, 6) is 0.611. The molecule has 2 aromatic heterocycles. The first-order chi connectivity index (χ1) is 14.6. The third-order valence-corrected chi connectivity index (χ3v) is 7.26. The predicted octanol–water partition coefficient (Wildman–Crippen LogP) is 5.00. The first-order valence-corrected chi connectivity index (χ1v) is 11.9. The van der Waals surface area contributed by atoms with Crippen molar-refractivity contribution >= 4 is 33.2 Å². The molecule has 0 aliphatic carbocycles. The zero-order valence-electron chi connectivity index (χ0n) is 18.1. The van der Waals surface area contributed by atoms with Gasteiger partial charge in [0.2, 0.25) is 0 Å². The van der Waals surface area contributed by atoms with Crippen LogP contribution in [0.15, 0.2) is 36.7 Å². The SMILES string of the molecule is CCCCC(CC(=O)c1cnc(N2CCN(C)CC2)s1)Cc1c[nH]c2ccccc12. The van der Waals surface area contributed by atoms with Gasteiger partial charge in [0.05, 0.1) is 11.1 Å². The summed E-state index contributed by atoms with van der Waals surface area (Å²) in [5, 5.41) is 2.27. The number of carbonyl (C=O) groups excluding carboxylic acids is 1. The van der Waals surface area contributed by atoms with Crippen LogP contribution in [0.1, 0.15) is 47.8 Å². The molecule has 0 amide bonds. The van der Waals surface area contributed by atoms with Gasteiger partial charge in [-0.15, -0.1) is 0 Å². The lowest BCUT2D eigenvalue weighted by Crippen LogP contribution is -2.44. The second-order valence-electron chi connectivity index (χ2n) is 8.50. The molecule has 4 rings (SSSR count). The van der Waals surface area contributed by atoms with Crippen molar-refractivity contribution in [3.63, 3.8) is 0 Å². The van der Waals surface area contributed by atoms with Gasteiger partial charge in [0.25, 0.3) is 0 Å². The van der Waals surface area contributed by atoms with E-state index in [9.17, 15) is 4.79 Å². The summed E-state index contributed by atoms with van der Waals surface area (Å²) < 4.78 is 0. The number of anilines is 1. The minimum Gasteiger partial charge on any atom is -0.361 e. The maximum Gasteiger partial charge on any atom is 0.186 e. The molecule has 1 aromatic carbocycles. The van der Waals surface area contributed by atoms with E-state index >= 15 is 0 Å². The molecule has 160 valence electrons. The van der Waals surface area contributed by atoms with E-state index in [0.717, 1.165) is 61.9 Å². The van der Waals surface area contributed by atoms with Crippen molar-refractivity contribution < 1.29 is 4.79 Å². The Morgan fingerprint density at radius 2 is 2.03 bits per heavy atom. The Morgan fingerprint density at radius 1 is 1.23 bits per heavy atom. The standard InChI is InChI=1S/C24H32N4OS/c1-3-4-7-18(14-19-16-25-21-9-6-5-8-20(19)21)15-22(29)23-17-26-24(30-23)28-12-10-27(2)11-13-28/h5-6,8-9,16-18,25H,3-4,7,10-15H2,1-2H3. The molecule has 3 heterocycles. The molecule has 0 saturated carbocycles.